The molecule has 1 aromatic heterocycles. The average Bonchev–Trinajstić information content (AvgIpc) is 3.28. The Morgan fingerprint density at radius 3 is 2.32 bits per heavy atom. The maximum atomic E-state index is 13.1. The molecule has 8 nitrogen and oxygen atoms in total. The van der Waals surface area contributed by atoms with Gasteiger partial charge in [0, 0.05) is 22.1 Å². The van der Waals surface area contributed by atoms with Gasteiger partial charge >= 0.3 is 0 Å². The van der Waals surface area contributed by atoms with Gasteiger partial charge in [-0.15, -0.1) is 10.2 Å². The lowest BCUT2D eigenvalue weighted by atomic mass is 9.95. The van der Waals surface area contributed by atoms with Gasteiger partial charge < -0.3 is 5.32 Å². The molecule has 1 aliphatic rings. The molecule has 152 valence electrons. The summed E-state index contributed by atoms with van der Waals surface area (Å²) in [7, 11) is 0. The van der Waals surface area contributed by atoms with Gasteiger partial charge in [-0.3, -0.25) is 14.4 Å². The summed E-state index contributed by atoms with van der Waals surface area (Å²) in [5.74, 6) is -1.04. The molecular weight excluding hydrogens is 414 g/mol. The summed E-state index contributed by atoms with van der Waals surface area (Å²) >= 11 is 1.46. The lowest BCUT2D eigenvalue weighted by Crippen LogP contribution is -2.47. The summed E-state index contributed by atoms with van der Waals surface area (Å²) in [5, 5.41) is 12.7. The first kappa shape index (κ1) is 19.0. The zero-order valence-corrected chi connectivity index (χ0v) is 17.1. The molecule has 1 N–H and O–H groups in total. The topological polar surface area (TPSA) is 97.2 Å². The lowest BCUT2D eigenvalue weighted by molar-refractivity contribution is -0.114. The van der Waals surface area contributed by atoms with E-state index in [9.17, 15) is 14.4 Å². The highest BCUT2D eigenvalue weighted by Gasteiger charge is 2.34. The minimum Gasteiger partial charge on any atom is -0.325 e. The number of nitrogens with zero attached hydrogens (tertiary/aromatic N) is 4. The normalized spacial score (nSPS) is 13.0. The number of aromatic nitrogens is 3. The molecule has 0 spiro atoms. The third-order valence-corrected chi connectivity index (χ3v) is 6.05. The fraction of sp³-hybridized carbons (Fsp3) is 0.0455. The smallest absolute Gasteiger partial charge is 0.280 e. The van der Waals surface area contributed by atoms with Crippen molar-refractivity contribution < 1.29 is 14.4 Å². The number of carbonyl (C=O) groups is 3. The first-order valence-corrected chi connectivity index (χ1v) is 10.2. The summed E-state index contributed by atoms with van der Waals surface area (Å²) in [6.07, 6.45) is 2.62. The van der Waals surface area contributed by atoms with Crippen molar-refractivity contribution in [2.45, 2.75) is 16.7 Å². The summed E-state index contributed by atoms with van der Waals surface area (Å²) in [4.78, 5) is 39.5. The van der Waals surface area contributed by atoms with E-state index in [1.54, 1.807) is 18.2 Å². The van der Waals surface area contributed by atoms with E-state index in [2.05, 4.69) is 15.5 Å². The Morgan fingerprint density at radius 2 is 1.58 bits per heavy atom. The van der Waals surface area contributed by atoms with Crippen LogP contribution in [0.5, 0.6) is 0 Å². The second kappa shape index (κ2) is 7.37. The molecule has 5 rings (SSSR count). The highest BCUT2D eigenvalue weighted by atomic mass is 32.2. The number of hydrogen-bond acceptors (Lipinski definition) is 6. The van der Waals surface area contributed by atoms with Crippen LogP contribution in [0.25, 0.3) is 10.8 Å². The van der Waals surface area contributed by atoms with E-state index < -0.39 is 11.8 Å². The average molecular weight is 429 g/mol. The molecule has 4 aromatic rings. The van der Waals surface area contributed by atoms with E-state index in [1.165, 1.54) is 36.0 Å². The van der Waals surface area contributed by atoms with Gasteiger partial charge in [0.2, 0.25) is 5.91 Å². The van der Waals surface area contributed by atoms with Gasteiger partial charge in [0.05, 0.1) is 16.8 Å². The van der Waals surface area contributed by atoms with Crippen LogP contribution in [-0.4, -0.2) is 32.6 Å². The van der Waals surface area contributed by atoms with Gasteiger partial charge in [0.1, 0.15) is 12.7 Å². The summed E-state index contributed by atoms with van der Waals surface area (Å²) in [6.45, 7) is 1.46. The fourth-order valence-electron chi connectivity index (χ4n) is 3.62. The van der Waals surface area contributed by atoms with Crippen molar-refractivity contribution in [3.63, 3.8) is 0 Å². The molecule has 3 aromatic carbocycles. The molecule has 9 heteroatoms. The van der Waals surface area contributed by atoms with Crippen LogP contribution in [0.1, 0.15) is 27.6 Å². The number of rotatable bonds is 4. The molecule has 0 atom stereocenters. The molecule has 3 amide bonds. The van der Waals surface area contributed by atoms with Crippen molar-refractivity contribution in [2.24, 2.45) is 0 Å². The number of benzene rings is 3. The second-order valence-electron chi connectivity index (χ2n) is 6.88. The van der Waals surface area contributed by atoms with Gasteiger partial charge in [-0.1, -0.05) is 36.0 Å². The van der Waals surface area contributed by atoms with Crippen molar-refractivity contribution in [2.75, 3.05) is 10.3 Å². The summed E-state index contributed by atoms with van der Waals surface area (Å²) in [6, 6.07) is 16.5. The zero-order chi connectivity index (χ0) is 21.5. The highest BCUT2D eigenvalue weighted by Crippen LogP contribution is 2.40. The van der Waals surface area contributed by atoms with Crippen LogP contribution in [0.2, 0.25) is 0 Å². The van der Waals surface area contributed by atoms with E-state index in [-0.39, 0.29) is 5.91 Å². The van der Waals surface area contributed by atoms with E-state index in [0.717, 1.165) is 20.2 Å². The third-order valence-electron chi connectivity index (χ3n) is 4.90. The Bertz CT molecular complexity index is 1340. The highest BCUT2D eigenvalue weighted by molar-refractivity contribution is 7.99. The molecule has 0 radical (unpaired) electrons. The van der Waals surface area contributed by atoms with Crippen LogP contribution in [-0.2, 0) is 4.79 Å². The van der Waals surface area contributed by atoms with Crippen molar-refractivity contribution in [1.29, 1.82) is 0 Å². The first-order chi connectivity index (χ1) is 15.0. The Balaban J connectivity index is 1.63. The number of carbonyl (C=O) groups excluding carboxylic acids is 3. The number of imide groups is 1. The molecule has 0 aliphatic carbocycles. The maximum absolute atomic E-state index is 13.1. The van der Waals surface area contributed by atoms with Gasteiger partial charge in [-0.2, -0.15) is 5.01 Å². The lowest BCUT2D eigenvalue weighted by Gasteiger charge is -2.27. The Kier molecular flexibility index (Phi) is 4.52. The molecule has 0 bridgehead atoms. The van der Waals surface area contributed by atoms with Crippen molar-refractivity contribution in [1.82, 2.24) is 14.9 Å². The van der Waals surface area contributed by atoms with Gasteiger partial charge in [-0.25, -0.2) is 4.68 Å². The van der Waals surface area contributed by atoms with Crippen molar-refractivity contribution in [3.05, 3.63) is 78.4 Å². The number of anilines is 1. The molecular formula is C22H15N5O3S. The van der Waals surface area contributed by atoms with Crippen LogP contribution in [0.4, 0.5) is 5.69 Å². The summed E-state index contributed by atoms with van der Waals surface area (Å²) in [5.41, 5.74) is 1.56. The monoisotopic (exact) mass is 429 g/mol. The van der Waals surface area contributed by atoms with Gasteiger partial charge in [0.25, 0.3) is 11.8 Å². The minimum absolute atomic E-state index is 0.157. The van der Waals surface area contributed by atoms with E-state index >= 15 is 0 Å². The largest absolute Gasteiger partial charge is 0.325 e. The van der Waals surface area contributed by atoms with Crippen molar-refractivity contribution >= 4 is 45.9 Å². The van der Waals surface area contributed by atoms with Gasteiger partial charge in [-0.05, 0) is 35.7 Å². The fourth-order valence-corrected chi connectivity index (χ4v) is 4.65. The molecule has 31 heavy (non-hydrogen) atoms. The number of amides is 3. The Hall–Kier alpha value is -3.98. The third kappa shape index (κ3) is 3.15. The molecule has 1 aliphatic heterocycles. The van der Waals surface area contributed by atoms with Crippen LogP contribution >= 0.6 is 11.8 Å². The predicted octanol–water partition coefficient (Wildman–Crippen LogP) is 3.47. The molecule has 0 saturated heterocycles. The van der Waals surface area contributed by atoms with E-state index in [4.69, 9.17) is 0 Å². The Morgan fingerprint density at radius 1 is 0.871 bits per heavy atom. The number of nitrogens with one attached hydrogen (secondary N) is 1. The van der Waals surface area contributed by atoms with E-state index in [0.29, 0.717) is 22.2 Å². The Labute approximate surface area is 180 Å². The van der Waals surface area contributed by atoms with E-state index in [1.807, 2.05) is 36.4 Å². The van der Waals surface area contributed by atoms with Crippen LogP contribution < -0.4 is 10.3 Å². The first-order valence-electron chi connectivity index (χ1n) is 9.38. The quantitative estimate of drug-likeness (QED) is 0.499. The molecule has 0 fully saturated rings. The summed E-state index contributed by atoms with van der Waals surface area (Å²) < 4.78 is 1.28. The molecule has 0 saturated carbocycles. The standard InChI is InChI=1S/C22H15N5O3S/c1-13(28)25-17-7-2-3-8-19(17)31-18-10-9-16-20-14(18)5-4-6-15(20)21(29)27(22(16)30)26-11-23-24-12-26/h2-12H,1H3,(H,25,28). The second-order valence-corrected chi connectivity index (χ2v) is 7.97. The molecule has 2 heterocycles. The van der Waals surface area contributed by atoms with Crippen LogP contribution in [0.3, 0.4) is 0 Å². The van der Waals surface area contributed by atoms with Crippen LogP contribution in [0, 0.1) is 0 Å². The number of hydrogen-bond donors (Lipinski definition) is 1. The number of para-hydroxylation sites is 1. The van der Waals surface area contributed by atoms with Crippen molar-refractivity contribution in [3.8, 4) is 0 Å². The van der Waals surface area contributed by atoms with Crippen LogP contribution in [0.15, 0.2) is 77.0 Å². The van der Waals surface area contributed by atoms with Gasteiger partial charge in [0.15, 0.2) is 0 Å². The maximum Gasteiger partial charge on any atom is 0.280 e. The predicted molar refractivity (Wildman–Crippen MR) is 116 cm³/mol. The molecule has 0 unspecified atom stereocenters. The minimum atomic E-state index is -0.441. The zero-order valence-electron chi connectivity index (χ0n) is 16.3. The SMILES string of the molecule is CC(=O)Nc1ccccc1Sc1ccc2c3c(cccc13)C(=O)N(n1cnnc1)C2=O.